The molecule has 0 spiro atoms. The maximum atomic E-state index is 6.05. The number of benzene rings is 1. The Balaban J connectivity index is 2.00. The molecule has 1 aromatic heterocycles. The smallest absolute Gasteiger partial charge is 0.228 e. The predicted molar refractivity (Wildman–Crippen MR) is 62.1 cm³/mol. The van der Waals surface area contributed by atoms with Gasteiger partial charge in [0.25, 0.3) is 0 Å². The molecule has 0 aliphatic rings. The molecule has 0 amide bonds. The van der Waals surface area contributed by atoms with Gasteiger partial charge in [-0.1, -0.05) is 35.5 Å². The van der Waals surface area contributed by atoms with E-state index in [9.17, 15) is 0 Å². The van der Waals surface area contributed by atoms with E-state index in [1.165, 1.54) is 0 Å². The minimum atomic E-state index is -0.132. The minimum Gasteiger partial charge on any atom is -0.377 e. The van der Waals surface area contributed by atoms with Crippen molar-refractivity contribution in [1.82, 2.24) is 10.1 Å². The molecule has 2 aromatic rings. The van der Waals surface area contributed by atoms with E-state index in [-0.39, 0.29) is 6.04 Å². The Labute approximate surface area is 99.6 Å². The first-order valence-corrected chi connectivity index (χ1v) is 5.40. The fourth-order valence-corrected chi connectivity index (χ4v) is 1.57. The molecule has 0 bridgehead atoms. The van der Waals surface area contributed by atoms with Crippen LogP contribution in [0.1, 0.15) is 23.3 Å². The highest BCUT2D eigenvalue weighted by molar-refractivity contribution is 5.19. The number of rotatable bonds is 5. The Morgan fingerprint density at radius 2 is 2.12 bits per heavy atom. The number of ether oxygens (including phenoxy) is 1. The molecule has 1 unspecified atom stereocenters. The number of hydrogen-bond donors (Lipinski definition) is 1. The van der Waals surface area contributed by atoms with Crippen molar-refractivity contribution in [2.24, 2.45) is 5.73 Å². The monoisotopic (exact) mass is 233 g/mol. The molecule has 2 rings (SSSR count). The van der Waals surface area contributed by atoms with Gasteiger partial charge in [0, 0.05) is 19.6 Å². The lowest BCUT2D eigenvalue weighted by molar-refractivity contribution is 0.174. The minimum absolute atomic E-state index is 0.132. The number of nitrogens with zero attached hydrogens (tertiary/aromatic N) is 2. The zero-order valence-electron chi connectivity index (χ0n) is 9.67. The Morgan fingerprint density at radius 1 is 1.35 bits per heavy atom. The lowest BCUT2D eigenvalue weighted by Gasteiger charge is -2.08. The Hall–Kier alpha value is -1.72. The van der Waals surface area contributed by atoms with Gasteiger partial charge in [0.2, 0.25) is 5.89 Å². The average molecular weight is 233 g/mol. The fraction of sp³-hybridized carbons (Fsp3) is 0.333. The van der Waals surface area contributed by atoms with Crippen LogP contribution in [0.2, 0.25) is 0 Å². The van der Waals surface area contributed by atoms with Crippen LogP contribution in [0.5, 0.6) is 0 Å². The predicted octanol–water partition coefficient (Wildman–Crippen LogP) is 1.46. The van der Waals surface area contributed by atoms with Crippen LogP contribution in [-0.2, 0) is 17.8 Å². The summed E-state index contributed by atoms with van der Waals surface area (Å²) in [5.74, 6) is 1.08. The van der Waals surface area contributed by atoms with E-state index >= 15 is 0 Å². The van der Waals surface area contributed by atoms with E-state index in [0.29, 0.717) is 24.7 Å². The highest BCUT2D eigenvalue weighted by Gasteiger charge is 2.12. The van der Waals surface area contributed by atoms with Crippen molar-refractivity contribution in [3.8, 4) is 0 Å². The van der Waals surface area contributed by atoms with E-state index in [0.717, 1.165) is 5.56 Å². The molecule has 0 saturated carbocycles. The number of hydrogen-bond acceptors (Lipinski definition) is 5. The van der Waals surface area contributed by atoms with Crippen LogP contribution in [0, 0.1) is 0 Å². The summed E-state index contributed by atoms with van der Waals surface area (Å²) in [4.78, 5) is 4.18. The van der Waals surface area contributed by atoms with Crippen molar-refractivity contribution in [2.45, 2.75) is 19.1 Å². The van der Waals surface area contributed by atoms with Crippen LogP contribution >= 0.6 is 0 Å². The maximum Gasteiger partial charge on any atom is 0.228 e. The molecule has 0 fully saturated rings. The second-order valence-electron chi connectivity index (χ2n) is 3.76. The molecular formula is C12H15N3O2. The van der Waals surface area contributed by atoms with E-state index in [4.69, 9.17) is 15.0 Å². The van der Waals surface area contributed by atoms with Crippen LogP contribution in [0.3, 0.4) is 0 Å². The van der Waals surface area contributed by atoms with Crippen molar-refractivity contribution in [3.05, 3.63) is 47.6 Å². The van der Waals surface area contributed by atoms with Gasteiger partial charge in [-0.05, 0) is 5.56 Å². The van der Waals surface area contributed by atoms with E-state index < -0.39 is 0 Å². The summed E-state index contributed by atoms with van der Waals surface area (Å²) in [5.41, 5.74) is 7.11. The SMILES string of the molecule is COCc1noc(CC(N)c2ccccc2)n1. The molecule has 0 aliphatic heterocycles. The summed E-state index contributed by atoms with van der Waals surface area (Å²) in [6, 6.07) is 9.71. The second kappa shape index (κ2) is 5.56. The van der Waals surface area contributed by atoms with Crippen molar-refractivity contribution in [1.29, 1.82) is 0 Å². The third kappa shape index (κ3) is 3.12. The quantitative estimate of drug-likeness (QED) is 0.846. The molecule has 90 valence electrons. The van der Waals surface area contributed by atoms with Gasteiger partial charge in [0.15, 0.2) is 5.82 Å². The molecule has 1 heterocycles. The first-order chi connectivity index (χ1) is 8.29. The third-order valence-corrected chi connectivity index (χ3v) is 2.41. The van der Waals surface area contributed by atoms with Crippen molar-refractivity contribution in [3.63, 3.8) is 0 Å². The summed E-state index contributed by atoms with van der Waals surface area (Å²) in [6.07, 6.45) is 0.528. The molecule has 0 radical (unpaired) electrons. The van der Waals surface area contributed by atoms with Crippen LogP contribution in [0.25, 0.3) is 0 Å². The number of nitrogens with two attached hydrogens (primary N) is 1. The maximum absolute atomic E-state index is 6.05. The highest BCUT2D eigenvalue weighted by atomic mass is 16.5. The van der Waals surface area contributed by atoms with Gasteiger partial charge >= 0.3 is 0 Å². The van der Waals surface area contributed by atoms with Gasteiger partial charge in [-0.25, -0.2) is 0 Å². The van der Waals surface area contributed by atoms with Gasteiger partial charge in [-0.15, -0.1) is 0 Å². The molecule has 1 aromatic carbocycles. The molecule has 5 heteroatoms. The molecule has 17 heavy (non-hydrogen) atoms. The normalized spacial score (nSPS) is 12.6. The zero-order valence-corrected chi connectivity index (χ0v) is 9.67. The summed E-state index contributed by atoms with van der Waals surface area (Å²) < 4.78 is 10.0. The zero-order chi connectivity index (χ0) is 12.1. The summed E-state index contributed by atoms with van der Waals surface area (Å²) in [6.45, 7) is 0.351. The molecule has 1 atom stereocenters. The lowest BCUT2D eigenvalue weighted by Crippen LogP contribution is -2.13. The highest BCUT2D eigenvalue weighted by Crippen LogP contribution is 2.14. The van der Waals surface area contributed by atoms with Gasteiger partial charge in [0.1, 0.15) is 6.61 Å². The van der Waals surface area contributed by atoms with Crippen LogP contribution < -0.4 is 5.73 Å². The first kappa shape index (κ1) is 11.8. The Bertz CT molecular complexity index is 456. The molecule has 0 saturated heterocycles. The Kier molecular flexibility index (Phi) is 3.85. The van der Waals surface area contributed by atoms with Crippen molar-refractivity contribution >= 4 is 0 Å². The topological polar surface area (TPSA) is 74.2 Å². The van der Waals surface area contributed by atoms with Crippen LogP contribution in [0.4, 0.5) is 0 Å². The largest absolute Gasteiger partial charge is 0.377 e. The number of aromatic nitrogens is 2. The summed E-state index contributed by atoms with van der Waals surface area (Å²) >= 11 is 0. The van der Waals surface area contributed by atoms with Crippen molar-refractivity contribution < 1.29 is 9.26 Å². The molecule has 0 aliphatic carbocycles. The molecular weight excluding hydrogens is 218 g/mol. The van der Waals surface area contributed by atoms with E-state index in [1.807, 2.05) is 30.3 Å². The number of methoxy groups -OCH3 is 1. The molecule has 5 nitrogen and oxygen atoms in total. The van der Waals surface area contributed by atoms with E-state index in [1.54, 1.807) is 7.11 Å². The third-order valence-electron chi connectivity index (χ3n) is 2.41. The Morgan fingerprint density at radius 3 is 2.82 bits per heavy atom. The van der Waals surface area contributed by atoms with Gasteiger partial charge in [0.05, 0.1) is 0 Å². The van der Waals surface area contributed by atoms with Gasteiger partial charge in [-0.3, -0.25) is 0 Å². The first-order valence-electron chi connectivity index (χ1n) is 5.40. The second-order valence-corrected chi connectivity index (χ2v) is 3.76. The lowest BCUT2D eigenvalue weighted by atomic mass is 10.1. The average Bonchev–Trinajstić information content (AvgIpc) is 2.78. The van der Waals surface area contributed by atoms with E-state index in [2.05, 4.69) is 10.1 Å². The van der Waals surface area contributed by atoms with Crippen LogP contribution in [0.15, 0.2) is 34.9 Å². The van der Waals surface area contributed by atoms with Crippen molar-refractivity contribution in [2.75, 3.05) is 7.11 Å². The standard InChI is InChI=1S/C12H15N3O2/c1-16-8-11-14-12(17-15-11)7-10(13)9-5-3-2-4-6-9/h2-6,10H,7-8,13H2,1H3. The summed E-state index contributed by atoms with van der Waals surface area (Å²) in [7, 11) is 1.59. The van der Waals surface area contributed by atoms with Crippen LogP contribution in [-0.4, -0.2) is 17.3 Å². The fourth-order valence-electron chi connectivity index (χ4n) is 1.57. The molecule has 2 N–H and O–H groups in total. The van der Waals surface area contributed by atoms with Gasteiger partial charge < -0.3 is 15.0 Å². The van der Waals surface area contributed by atoms with Gasteiger partial charge in [-0.2, -0.15) is 4.98 Å². The summed E-state index contributed by atoms with van der Waals surface area (Å²) in [5, 5.41) is 3.79.